The van der Waals surface area contributed by atoms with Crippen molar-refractivity contribution < 1.29 is 13.2 Å². The molecule has 1 aliphatic carbocycles. The summed E-state index contributed by atoms with van der Waals surface area (Å²) in [7, 11) is 0.118. The van der Waals surface area contributed by atoms with Crippen LogP contribution in [0.4, 0.5) is 11.4 Å². The molecule has 3 aromatic carbocycles. The number of sulfonamides is 1. The summed E-state index contributed by atoms with van der Waals surface area (Å²) in [5, 5.41) is 2.95. The van der Waals surface area contributed by atoms with Gasteiger partial charge >= 0.3 is 0 Å². The lowest BCUT2D eigenvalue weighted by atomic mass is 9.90. The molecule has 1 fully saturated rings. The second kappa shape index (κ2) is 13.3. The molecule has 0 radical (unpaired) electrons. The zero-order valence-corrected chi connectivity index (χ0v) is 25.7. The van der Waals surface area contributed by atoms with Gasteiger partial charge in [-0.1, -0.05) is 75.1 Å². The zero-order chi connectivity index (χ0) is 29.7. The number of hydrogen-bond acceptors (Lipinski definition) is 5. The van der Waals surface area contributed by atoms with Crippen LogP contribution in [-0.2, 0) is 21.4 Å². The number of benzene rings is 3. The number of aliphatic imine (C=N–C) groups is 1. The summed E-state index contributed by atoms with van der Waals surface area (Å²) in [5.41, 5.74) is 4.63. The topological polar surface area (TPSA) is 82.1 Å². The number of anilines is 1. The van der Waals surface area contributed by atoms with Crippen molar-refractivity contribution in [3.05, 3.63) is 89.5 Å². The number of carbonyl (C=O) groups excluding carboxylic acids is 1. The van der Waals surface area contributed by atoms with Crippen LogP contribution in [0.3, 0.4) is 0 Å². The van der Waals surface area contributed by atoms with Gasteiger partial charge < -0.3 is 5.32 Å². The number of rotatable bonds is 11. The minimum Gasteiger partial charge on any atom is -0.325 e. The van der Waals surface area contributed by atoms with Crippen LogP contribution < -0.4 is 5.32 Å². The van der Waals surface area contributed by atoms with E-state index in [-0.39, 0.29) is 10.8 Å². The SMILES string of the molecule is CCCCN(C)S(=O)(=O)c1ccc2c(c1)C(C(=Nc1ccc(CN(C)C3CCCCC3)cc1)c1ccccc1)C(=O)N2. The van der Waals surface area contributed by atoms with E-state index in [1.807, 2.05) is 49.4 Å². The summed E-state index contributed by atoms with van der Waals surface area (Å²) < 4.78 is 28.1. The smallest absolute Gasteiger partial charge is 0.242 e. The Morgan fingerprint density at radius 2 is 1.67 bits per heavy atom. The summed E-state index contributed by atoms with van der Waals surface area (Å²) in [6.45, 7) is 3.37. The lowest BCUT2D eigenvalue weighted by Gasteiger charge is -2.31. The Labute approximate surface area is 250 Å². The van der Waals surface area contributed by atoms with Gasteiger partial charge in [0.2, 0.25) is 15.9 Å². The molecule has 1 amide bonds. The molecule has 1 aliphatic heterocycles. The predicted octanol–water partition coefficient (Wildman–Crippen LogP) is 6.73. The number of nitrogens with one attached hydrogen (secondary N) is 1. The summed E-state index contributed by atoms with van der Waals surface area (Å²) in [6, 6.07) is 23.4. The van der Waals surface area contributed by atoms with Gasteiger partial charge in [0, 0.05) is 31.9 Å². The molecule has 1 atom stereocenters. The predicted molar refractivity (Wildman–Crippen MR) is 170 cm³/mol. The number of amides is 1. The first-order valence-electron chi connectivity index (χ1n) is 15.1. The van der Waals surface area contributed by atoms with Crippen LogP contribution in [-0.4, -0.2) is 55.9 Å². The fraction of sp³-hybridized carbons (Fsp3) is 0.412. The van der Waals surface area contributed by atoms with Gasteiger partial charge in [0.1, 0.15) is 5.92 Å². The van der Waals surface area contributed by atoms with Crippen molar-refractivity contribution >= 4 is 33.0 Å². The first-order valence-corrected chi connectivity index (χ1v) is 16.6. The number of fused-ring (bicyclic) bond motifs is 1. The van der Waals surface area contributed by atoms with Crippen molar-refractivity contribution in [1.29, 1.82) is 0 Å². The fourth-order valence-electron chi connectivity index (χ4n) is 6.01. The van der Waals surface area contributed by atoms with Crippen molar-refractivity contribution in [3.63, 3.8) is 0 Å². The van der Waals surface area contributed by atoms with Crippen LogP contribution in [0.5, 0.6) is 0 Å². The summed E-state index contributed by atoms with van der Waals surface area (Å²) in [5.74, 6) is -0.956. The van der Waals surface area contributed by atoms with Gasteiger partial charge in [-0.2, -0.15) is 0 Å². The number of unbranched alkanes of at least 4 members (excludes halogenated alkanes) is 1. The largest absolute Gasteiger partial charge is 0.325 e. The number of carbonyl (C=O) groups is 1. The van der Waals surface area contributed by atoms with E-state index < -0.39 is 15.9 Å². The average Bonchev–Trinajstić information content (AvgIpc) is 3.34. The molecule has 3 aromatic rings. The maximum atomic E-state index is 13.4. The highest BCUT2D eigenvalue weighted by molar-refractivity contribution is 7.89. The third-order valence-electron chi connectivity index (χ3n) is 8.55. The van der Waals surface area contributed by atoms with Gasteiger partial charge in [0.25, 0.3) is 0 Å². The Morgan fingerprint density at radius 1 is 0.952 bits per heavy atom. The van der Waals surface area contributed by atoms with Crippen molar-refractivity contribution in [1.82, 2.24) is 9.21 Å². The Morgan fingerprint density at radius 3 is 2.36 bits per heavy atom. The van der Waals surface area contributed by atoms with E-state index in [0.29, 0.717) is 29.5 Å². The van der Waals surface area contributed by atoms with E-state index in [9.17, 15) is 13.2 Å². The first-order chi connectivity index (χ1) is 20.3. The normalized spacial score (nSPS) is 18.0. The monoisotopic (exact) mass is 586 g/mol. The molecule has 2 aliphatic rings. The molecule has 42 heavy (non-hydrogen) atoms. The zero-order valence-electron chi connectivity index (χ0n) is 24.9. The quantitative estimate of drug-likeness (QED) is 0.253. The molecule has 1 unspecified atom stereocenters. The highest BCUT2D eigenvalue weighted by Gasteiger charge is 2.37. The molecule has 8 heteroatoms. The van der Waals surface area contributed by atoms with Crippen molar-refractivity contribution in [3.8, 4) is 0 Å². The van der Waals surface area contributed by atoms with Crippen LogP contribution in [0.2, 0.25) is 0 Å². The van der Waals surface area contributed by atoms with Crippen LogP contribution in [0.15, 0.2) is 82.7 Å². The second-order valence-electron chi connectivity index (χ2n) is 11.6. The Hall–Kier alpha value is -3.33. The molecule has 1 N–H and O–H groups in total. The minimum atomic E-state index is -3.70. The van der Waals surface area contributed by atoms with Gasteiger partial charge in [-0.3, -0.25) is 14.7 Å². The summed E-state index contributed by atoms with van der Waals surface area (Å²) >= 11 is 0. The van der Waals surface area contributed by atoms with Crippen molar-refractivity contribution in [2.24, 2.45) is 4.99 Å². The third kappa shape index (κ3) is 6.66. The van der Waals surface area contributed by atoms with E-state index >= 15 is 0 Å². The van der Waals surface area contributed by atoms with Gasteiger partial charge in [-0.05, 0) is 73.3 Å². The molecule has 1 heterocycles. The second-order valence-corrected chi connectivity index (χ2v) is 13.6. The first kappa shape index (κ1) is 30.1. The van der Waals surface area contributed by atoms with E-state index in [4.69, 9.17) is 4.99 Å². The average molecular weight is 587 g/mol. The van der Waals surface area contributed by atoms with Gasteiger partial charge in [-0.15, -0.1) is 0 Å². The molecular formula is C34H42N4O3S. The number of nitrogens with zero attached hydrogens (tertiary/aromatic N) is 3. The standard InChI is InChI=1S/C34H42N4O3S/c1-4-5-22-38(3)42(40,41)29-20-21-31-30(23-29)32(34(39)36-31)33(26-12-8-6-9-13-26)35-27-18-16-25(17-19-27)24-37(2)28-14-10-7-11-15-28/h6,8-9,12-13,16-21,23,28,32H,4-5,7,10-11,14-15,22,24H2,1-3H3,(H,36,39). The molecule has 222 valence electrons. The van der Waals surface area contributed by atoms with E-state index in [0.717, 1.165) is 30.6 Å². The molecule has 7 nitrogen and oxygen atoms in total. The fourth-order valence-corrected chi connectivity index (χ4v) is 7.26. The minimum absolute atomic E-state index is 0.181. The van der Waals surface area contributed by atoms with Gasteiger partial charge in [0.15, 0.2) is 0 Å². The molecule has 0 aromatic heterocycles. The Balaban J connectivity index is 1.47. The van der Waals surface area contributed by atoms with Crippen LogP contribution >= 0.6 is 0 Å². The molecule has 0 spiro atoms. The molecule has 0 bridgehead atoms. The van der Waals surface area contributed by atoms with Crippen LogP contribution in [0, 0.1) is 0 Å². The lowest BCUT2D eigenvalue weighted by Crippen LogP contribution is -2.32. The molecule has 0 saturated heterocycles. The Kier molecular flexibility index (Phi) is 9.56. The van der Waals surface area contributed by atoms with E-state index in [2.05, 4.69) is 29.4 Å². The van der Waals surface area contributed by atoms with Gasteiger partial charge in [0.05, 0.1) is 16.3 Å². The lowest BCUT2D eigenvalue weighted by molar-refractivity contribution is -0.115. The van der Waals surface area contributed by atoms with E-state index in [1.165, 1.54) is 42.0 Å². The highest BCUT2D eigenvalue weighted by Crippen LogP contribution is 2.38. The van der Waals surface area contributed by atoms with Crippen LogP contribution in [0.25, 0.3) is 0 Å². The third-order valence-corrected chi connectivity index (χ3v) is 10.4. The summed E-state index contributed by atoms with van der Waals surface area (Å²) in [4.78, 5) is 21.1. The molecule has 5 rings (SSSR count). The highest BCUT2D eigenvalue weighted by atomic mass is 32.2. The van der Waals surface area contributed by atoms with E-state index in [1.54, 1.807) is 25.2 Å². The Bertz CT molecular complexity index is 1510. The number of hydrogen-bond donors (Lipinski definition) is 1. The molecular weight excluding hydrogens is 544 g/mol. The molecule has 1 saturated carbocycles. The van der Waals surface area contributed by atoms with Crippen molar-refractivity contribution in [2.75, 3.05) is 26.0 Å². The maximum absolute atomic E-state index is 13.4. The van der Waals surface area contributed by atoms with Crippen LogP contribution in [0.1, 0.15) is 74.5 Å². The van der Waals surface area contributed by atoms with Gasteiger partial charge in [-0.25, -0.2) is 12.7 Å². The summed E-state index contributed by atoms with van der Waals surface area (Å²) in [6.07, 6.45) is 8.18. The maximum Gasteiger partial charge on any atom is 0.242 e. The van der Waals surface area contributed by atoms with Crippen molar-refractivity contribution in [2.45, 2.75) is 75.3 Å².